The van der Waals surface area contributed by atoms with Gasteiger partial charge in [-0.3, -0.25) is 0 Å². The van der Waals surface area contributed by atoms with Crippen molar-refractivity contribution in [3.8, 4) is 0 Å². The Kier molecular flexibility index (Phi) is 198. The molecule has 0 aliphatic carbocycles. The third-order valence-corrected chi connectivity index (χ3v) is 0. The Balaban J connectivity index is -0.00000000900. The Hall–Kier alpha value is 3.13. The van der Waals surface area contributed by atoms with Crippen LogP contribution in [0, 0.1) is 73.6 Å². The van der Waals surface area contributed by atoms with Crippen molar-refractivity contribution >= 4 is 0 Å². The summed E-state index contributed by atoms with van der Waals surface area (Å²) in [5.74, 6) is 0. The van der Waals surface area contributed by atoms with Crippen LogP contribution in [0.1, 0.15) is 0 Å². The molecule has 0 rings (SSSR count). The van der Waals surface area contributed by atoms with Crippen LogP contribution in [0.4, 0.5) is 0 Å². The number of rotatable bonds is 0. The molecule has 7 heteroatoms. The molecule has 0 unspecified atom stereocenters. The van der Waals surface area contributed by atoms with Gasteiger partial charge < -0.3 is 0 Å². The largest absolute Gasteiger partial charge is 0 e. The van der Waals surface area contributed by atoms with Crippen LogP contribution in [0.3, 0.4) is 0 Å². The summed E-state index contributed by atoms with van der Waals surface area (Å²) < 4.78 is 24.7. The molecule has 7 heavy (non-hydrogen) atoms. The van der Waals surface area contributed by atoms with E-state index in [1.165, 1.54) is 0 Å². The van der Waals surface area contributed by atoms with Gasteiger partial charge in [0, 0.05) is 20.4 Å². The maximum Gasteiger partial charge on any atom is 0 e. The van der Waals surface area contributed by atoms with Crippen LogP contribution in [0.2, 0.25) is 0 Å². The van der Waals surface area contributed by atoms with E-state index in [4.69, 9.17) is 6.53 Å². The first-order valence-electron chi connectivity index (χ1n) is 0.569. The predicted octanol–water partition coefficient (Wildman–Crippen LogP) is -0.361. The predicted molar refractivity (Wildman–Crippen MR) is 2.06 cm³/mol. The van der Waals surface area contributed by atoms with Gasteiger partial charge in [0.25, 0.3) is 0 Å². The summed E-state index contributed by atoms with van der Waals surface area (Å²) in [4.78, 5) is 0. The molecule has 0 aliphatic rings. The van der Waals surface area contributed by atoms with Gasteiger partial charge in [0.15, 0.2) is 0 Å². The van der Waals surface area contributed by atoms with Gasteiger partial charge in [0.2, 0.25) is 0 Å². The third-order valence-electron chi connectivity index (χ3n) is 0. The van der Waals surface area contributed by atoms with Crippen molar-refractivity contribution in [1.82, 2.24) is 0 Å². The van der Waals surface area contributed by atoms with Gasteiger partial charge in [0.05, 0.1) is 0 Å². The molecule has 0 aromatic heterocycles. The molecule has 0 bridgehead atoms. The molecule has 0 aliphatic heterocycles. The molecule has 0 saturated carbocycles. The fourth-order valence-electron chi connectivity index (χ4n) is 0. The van der Waals surface area contributed by atoms with Crippen LogP contribution in [-0.2, 0) is 42.3 Å². The summed E-state index contributed by atoms with van der Waals surface area (Å²) in [7, 11) is 0. The van der Waals surface area contributed by atoms with Crippen LogP contribution in [0.5, 0.6) is 0 Å². The van der Waals surface area contributed by atoms with Crippen LogP contribution >= 0.6 is 0 Å². The van der Waals surface area contributed by atoms with E-state index in [1.54, 1.807) is 0 Å². The zero-order chi connectivity index (χ0) is 6.00. The quantitative estimate of drug-likeness (QED) is 0.435. The Morgan fingerprint density at radius 2 is 1.14 bits per heavy atom. The van der Waals surface area contributed by atoms with Crippen molar-refractivity contribution in [2.45, 2.75) is 0 Å². The first-order valence-corrected chi connectivity index (χ1v) is 3.73. The maximum atomic E-state index is 8.42. The molecule has 0 saturated heterocycles. The summed E-state index contributed by atoms with van der Waals surface area (Å²) in [5.41, 5.74) is 0. The normalized spacial score (nSPS) is 2.14. The van der Waals surface area contributed by atoms with Crippen molar-refractivity contribution < 1.29 is 116 Å². The van der Waals surface area contributed by atoms with E-state index in [-0.39, 0.29) is 94.0 Å². The second kappa shape index (κ2) is 61.6. The van der Waals surface area contributed by atoms with Crippen LogP contribution < -0.4 is 0 Å². The van der Waals surface area contributed by atoms with Gasteiger partial charge in [-0.15, -0.1) is 0 Å². The van der Waals surface area contributed by atoms with Gasteiger partial charge in [-0.05, 0) is 0 Å². The average Bonchev–Trinajstić information content (AvgIpc) is 1.81. The van der Waals surface area contributed by atoms with E-state index in [0.29, 0.717) is 0 Å². The average molecular weight is 492 g/mol. The summed E-state index contributed by atoms with van der Waals surface area (Å²) in [5, 5.41) is 0. The molecule has 0 fully saturated rings. The molecule has 0 radical (unpaired) electrons. The minimum absolute atomic E-state index is 0. The Morgan fingerprint density at radius 3 is 1.14 bits per heavy atom. The van der Waals surface area contributed by atoms with E-state index >= 15 is 0 Å². The summed E-state index contributed by atoms with van der Waals surface area (Å²) >= 11 is 2.60. The fourth-order valence-corrected chi connectivity index (χ4v) is 0. The molecule has 0 atom stereocenters. The second-order valence-corrected chi connectivity index (χ2v) is 0. The summed E-state index contributed by atoms with van der Waals surface area (Å²) in [6.45, 7) is 0. The topological polar surface area (TPSA) is 51.2 Å². The molecule has 45 valence electrons. The van der Waals surface area contributed by atoms with E-state index in [1.807, 2.05) is 0 Å². The van der Waals surface area contributed by atoms with E-state index in [0.717, 1.165) is 0 Å². The van der Waals surface area contributed by atoms with Crippen molar-refractivity contribution in [3.05, 3.63) is 0 Å². The first-order chi connectivity index (χ1) is 3.00. The van der Waals surface area contributed by atoms with Crippen molar-refractivity contribution in [3.63, 3.8) is 0 Å². The summed E-state index contributed by atoms with van der Waals surface area (Å²) in [6.07, 6.45) is 0. The number of hydrogen-bond acceptors (Lipinski definition) is 3. The molecule has 0 aromatic carbocycles. The molecule has 0 aromatic rings. The maximum absolute atomic E-state index is 8.42. The van der Waals surface area contributed by atoms with Gasteiger partial charge >= 0.3 is 95.5 Å². The molecule has 0 spiro atoms. The zero-order valence-electron chi connectivity index (χ0n) is 2.93. The third kappa shape index (κ3) is 47.4. The van der Waals surface area contributed by atoms with Crippen LogP contribution in [0.15, 0.2) is 0 Å². The van der Waals surface area contributed by atoms with Crippen LogP contribution in [-0.4, -0.2) is 0 Å². The molecule has 0 heterocycles. The van der Waals surface area contributed by atoms with Gasteiger partial charge in [-0.25, -0.2) is 0 Å². The SMILES string of the molecule is [O]=[Ce].[O]=[La].[O]=[Ni].[Pd]. The zero-order valence-corrected chi connectivity index (χ0v) is 12.2. The Bertz CT molecular complexity index is 19.7. The number of hydrogen-bond donors (Lipinski definition) is 0. The minimum Gasteiger partial charge on any atom is 0 e. The minimum atomic E-state index is -0.0833. The van der Waals surface area contributed by atoms with Gasteiger partial charge in [-0.2, -0.15) is 0 Å². The van der Waals surface area contributed by atoms with Crippen molar-refractivity contribution in [1.29, 1.82) is 0 Å². The molecule has 0 N–H and O–H groups in total. The standard InChI is InChI=1S/Ce.La.Ni.3O.Pd. The van der Waals surface area contributed by atoms with Crippen molar-refractivity contribution in [2.24, 2.45) is 0 Å². The molecule has 0 amide bonds. The fraction of sp³-hybridized carbons (Fsp3) is 0. The molecular weight excluding hydrogens is 492 g/mol. The van der Waals surface area contributed by atoms with Crippen LogP contribution in [0.25, 0.3) is 0 Å². The van der Waals surface area contributed by atoms with Gasteiger partial charge in [-0.1, -0.05) is 0 Å². The van der Waals surface area contributed by atoms with Gasteiger partial charge in [0.1, 0.15) is 0 Å². The molecule has 3 nitrogen and oxygen atoms in total. The monoisotopic (exact) mass is 491 g/mol. The second-order valence-electron chi connectivity index (χ2n) is 0. The summed E-state index contributed by atoms with van der Waals surface area (Å²) in [6, 6.07) is 0. The Labute approximate surface area is 113 Å². The molecular formula is CeLaNiO3Pd. The first kappa shape index (κ1) is 22.5. The van der Waals surface area contributed by atoms with E-state index in [2.05, 4.69) is 15.4 Å². The Morgan fingerprint density at radius 1 is 1.14 bits per heavy atom. The van der Waals surface area contributed by atoms with E-state index in [9.17, 15) is 0 Å². The van der Waals surface area contributed by atoms with E-state index < -0.39 is 0 Å². The van der Waals surface area contributed by atoms with Crippen molar-refractivity contribution in [2.75, 3.05) is 0 Å². The smallest absolute Gasteiger partial charge is 0 e.